The third-order valence-corrected chi connectivity index (χ3v) is 3.85. The molecule has 0 aromatic carbocycles. The highest BCUT2D eigenvalue weighted by Crippen LogP contribution is 2.17. The van der Waals surface area contributed by atoms with Crippen molar-refractivity contribution >= 4 is 35.8 Å². The number of nitrogens with one attached hydrogen (secondary N) is 3. The molecule has 0 aliphatic heterocycles. The van der Waals surface area contributed by atoms with Crippen LogP contribution in [0.3, 0.4) is 0 Å². The molecule has 3 N–H and O–H groups in total. The molecule has 0 radical (unpaired) electrons. The molecule has 1 aliphatic rings. The number of nitrogens with zero attached hydrogens (tertiary/aromatic N) is 1. The van der Waals surface area contributed by atoms with Crippen molar-refractivity contribution in [2.24, 2.45) is 10.9 Å². The van der Waals surface area contributed by atoms with E-state index >= 15 is 0 Å². The molecule has 1 saturated carbocycles. The molecule has 6 heteroatoms. The van der Waals surface area contributed by atoms with E-state index < -0.39 is 0 Å². The minimum Gasteiger partial charge on any atom is -0.356 e. The first-order valence-corrected chi connectivity index (χ1v) is 8.35. The van der Waals surface area contributed by atoms with Crippen LogP contribution in [0.2, 0.25) is 0 Å². The fraction of sp³-hybridized carbons (Fsp3) is 0.875. The summed E-state index contributed by atoms with van der Waals surface area (Å²) in [4.78, 5) is 16.0. The van der Waals surface area contributed by atoms with Gasteiger partial charge in [-0.15, -0.1) is 24.0 Å². The summed E-state index contributed by atoms with van der Waals surface area (Å²) in [6.45, 7) is 5.94. The summed E-state index contributed by atoms with van der Waals surface area (Å²) in [6.07, 6.45) is 7.69. The van der Waals surface area contributed by atoms with Gasteiger partial charge in [-0.2, -0.15) is 0 Å². The molecule has 0 aromatic rings. The van der Waals surface area contributed by atoms with Gasteiger partial charge in [0, 0.05) is 32.6 Å². The summed E-state index contributed by atoms with van der Waals surface area (Å²) in [7, 11) is 1.76. The highest BCUT2D eigenvalue weighted by Gasteiger charge is 2.15. The molecule has 0 saturated heterocycles. The zero-order valence-electron chi connectivity index (χ0n) is 14.3. The Labute approximate surface area is 152 Å². The number of carbonyl (C=O) groups is 1. The van der Waals surface area contributed by atoms with Gasteiger partial charge in [0.25, 0.3) is 0 Å². The number of amides is 1. The summed E-state index contributed by atoms with van der Waals surface area (Å²) in [6, 6.07) is 0.398. The second-order valence-corrected chi connectivity index (χ2v) is 6.26. The van der Waals surface area contributed by atoms with E-state index in [9.17, 15) is 4.79 Å². The average Bonchev–Trinajstić information content (AvgIpc) is 2.46. The molecule has 0 aromatic heterocycles. The van der Waals surface area contributed by atoms with Crippen molar-refractivity contribution in [1.82, 2.24) is 16.0 Å². The van der Waals surface area contributed by atoms with E-state index in [0.717, 1.165) is 31.8 Å². The lowest BCUT2D eigenvalue weighted by Crippen LogP contribution is -2.41. The minimum atomic E-state index is 0. The van der Waals surface area contributed by atoms with Crippen molar-refractivity contribution < 1.29 is 4.79 Å². The second kappa shape index (κ2) is 13.0. The lowest BCUT2D eigenvalue weighted by Gasteiger charge is -2.22. The maximum absolute atomic E-state index is 11.9. The number of halogens is 1. The molecule has 1 fully saturated rings. The van der Waals surface area contributed by atoms with Crippen molar-refractivity contribution in [3.63, 3.8) is 0 Å². The number of hydrogen-bond donors (Lipinski definition) is 3. The molecule has 0 heterocycles. The smallest absolute Gasteiger partial charge is 0.221 e. The predicted molar refractivity (Wildman–Crippen MR) is 104 cm³/mol. The summed E-state index contributed by atoms with van der Waals surface area (Å²) >= 11 is 0. The van der Waals surface area contributed by atoms with Crippen LogP contribution in [0.1, 0.15) is 58.8 Å². The zero-order valence-corrected chi connectivity index (χ0v) is 16.6. The zero-order chi connectivity index (χ0) is 15.5. The van der Waals surface area contributed by atoms with Crippen LogP contribution in [0.25, 0.3) is 0 Å². The molecule has 1 amide bonds. The van der Waals surface area contributed by atoms with Gasteiger partial charge in [0.05, 0.1) is 0 Å². The third kappa shape index (κ3) is 10.2. The molecule has 0 bridgehead atoms. The Morgan fingerprint density at radius 1 is 1.14 bits per heavy atom. The summed E-state index contributed by atoms with van der Waals surface area (Å²) in [5, 5.41) is 9.58. The Hall–Kier alpha value is -0.530. The van der Waals surface area contributed by atoms with Gasteiger partial charge in [0.1, 0.15) is 0 Å². The highest BCUT2D eigenvalue weighted by molar-refractivity contribution is 14.0. The quantitative estimate of drug-likeness (QED) is 0.335. The van der Waals surface area contributed by atoms with Gasteiger partial charge in [-0.1, -0.05) is 33.1 Å². The molecule has 1 aliphatic carbocycles. The largest absolute Gasteiger partial charge is 0.356 e. The Balaban J connectivity index is 0.00000441. The summed E-state index contributed by atoms with van der Waals surface area (Å²) in [5.41, 5.74) is 0. The van der Waals surface area contributed by atoms with Crippen LogP contribution in [0.5, 0.6) is 0 Å². The van der Waals surface area contributed by atoms with Gasteiger partial charge < -0.3 is 16.0 Å². The molecule has 130 valence electrons. The van der Waals surface area contributed by atoms with E-state index in [1.807, 2.05) is 0 Å². The van der Waals surface area contributed by atoms with Gasteiger partial charge >= 0.3 is 0 Å². The number of hydrogen-bond acceptors (Lipinski definition) is 2. The van der Waals surface area contributed by atoms with Crippen LogP contribution in [-0.4, -0.2) is 38.0 Å². The third-order valence-electron chi connectivity index (χ3n) is 3.85. The number of rotatable bonds is 7. The average molecular weight is 424 g/mol. The van der Waals surface area contributed by atoms with Crippen molar-refractivity contribution in [2.45, 2.75) is 64.8 Å². The number of guanidine groups is 1. The van der Waals surface area contributed by atoms with Crippen LogP contribution >= 0.6 is 24.0 Å². The van der Waals surface area contributed by atoms with E-state index in [1.165, 1.54) is 19.3 Å². The lowest BCUT2D eigenvalue weighted by atomic mass is 9.95. The highest BCUT2D eigenvalue weighted by atomic mass is 127. The number of carbonyl (C=O) groups excluding carboxylic acids is 1. The maximum Gasteiger partial charge on any atom is 0.221 e. The molecular weight excluding hydrogens is 391 g/mol. The van der Waals surface area contributed by atoms with Crippen LogP contribution in [0, 0.1) is 5.92 Å². The van der Waals surface area contributed by atoms with Crippen LogP contribution < -0.4 is 16.0 Å². The topological polar surface area (TPSA) is 65.5 Å². The Morgan fingerprint density at radius 2 is 1.77 bits per heavy atom. The van der Waals surface area contributed by atoms with E-state index in [0.29, 0.717) is 24.9 Å². The Morgan fingerprint density at radius 3 is 2.36 bits per heavy atom. The fourth-order valence-corrected chi connectivity index (χ4v) is 2.54. The molecule has 0 spiro atoms. The van der Waals surface area contributed by atoms with Gasteiger partial charge in [-0.05, 0) is 25.2 Å². The lowest BCUT2D eigenvalue weighted by molar-refractivity contribution is -0.121. The predicted octanol–water partition coefficient (Wildman–Crippen LogP) is 2.65. The monoisotopic (exact) mass is 424 g/mol. The first-order valence-electron chi connectivity index (χ1n) is 8.35. The van der Waals surface area contributed by atoms with Crippen molar-refractivity contribution in [3.05, 3.63) is 0 Å². The van der Waals surface area contributed by atoms with Crippen molar-refractivity contribution in [3.8, 4) is 0 Å². The van der Waals surface area contributed by atoms with E-state index in [-0.39, 0.29) is 29.9 Å². The second-order valence-electron chi connectivity index (χ2n) is 6.26. The fourth-order valence-electron chi connectivity index (χ4n) is 2.54. The first-order chi connectivity index (χ1) is 10.1. The molecule has 5 nitrogen and oxygen atoms in total. The minimum absolute atomic E-state index is 0. The standard InChI is InChI=1S/C16H32N4O.HI/c1-13(2)9-11-18-16(17-3)19-12-10-15(21)20-14-7-5-4-6-8-14;/h13-14H,4-12H2,1-3H3,(H,20,21)(H2,17,18,19);1H. The summed E-state index contributed by atoms with van der Waals surface area (Å²) in [5.74, 6) is 1.60. The Kier molecular flexibility index (Phi) is 12.6. The van der Waals surface area contributed by atoms with Gasteiger partial charge in [0.15, 0.2) is 5.96 Å². The summed E-state index contributed by atoms with van der Waals surface area (Å²) < 4.78 is 0. The normalized spacial score (nSPS) is 16.1. The van der Waals surface area contributed by atoms with Crippen LogP contribution in [0.4, 0.5) is 0 Å². The van der Waals surface area contributed by atoms with E-state index in [2.05, 4.69) is 34.8 Å². The van der Waals surface area contributed by atoms with E-state index in [4.69, 9.17) is 0 Å². The van der Waals surface area contributed by atoms with Crippen LogP contribution in [-0.2, 0) is 4.79 Å². The number of aliphatic imine (C=N–C) groups is 1. The van der Waals surface area contributed by atoms with E-state index in [1.54, 1.807) is 7.05 Å². The Bertz CT molecular complexity index is 328. The van der Waals surface area contributed by atoms with Crippen LogP contribution in [0.15, 0.2) is 4.99 Å². The molecule has 22 heavy (non-hydrogen) atoms. The van der Waals surface area contributed by atoms with Crippen molar-refractivity contribution in [2.75, 3.05) is 20.1 Å². The molecule has 1 rings (SSSR count). The molecule has 0 atom stereocenters. The first kappa shape index (κ1) is 21.5. The molecular formula is C16H33IN4O. The SMILES string of the molecule is CN=C(NCCC(=O)NC1CCCCC1)NCCC(C)C.I. The maximum atomic E-state index is 11.9. The molecule has 0 unspecified atom stereocenters. The van der Waals surface area contributed by atoms with Gasteiger partial charge in [-0.3, -0.25) is 9.79 Å². The van der Waals surface area contributed by atoms with Gasteiger partial charge in [-0.25, -0.2) is 0 Å². The van der Waals surface area contributed by atoms with Gasteiger partial charge in [0.2, 0.25) is 5.91 Å². The van der Waals surface area contributed by atoms with Crippen molar-refractivity contribution in [1.29, 1.82) is 0 Å².